The zero-order valence-corrected chi connectivity index (χ0v) is 12.3. The number of rotatable bonds is 4. The van der Waals surface area contributed by atoms with E-state index in [2.05, 4.69) is 0 Å². The number of benzene rings is 2. The van der Waals surface area contributed by atoms with Gasteiger partial charge in [-0.05, 0) is 31.2 Å². The Morgan fingerprint density at radius 3 is 2.14 bits per heavy atom. The summed E-state index contributed by atoms with van der Waals surface area (Å²) in [5.74, 6) is 0.243. The third kappa shape index (κ3) is 3.61. The first-order chi connectivity index (χ1) is 10.0. The lowest BCUT2D eigenvalue weighted by molar-refractivity contribution is 0.0734. The molecule has 0 aliphatic carbocycles. The van der Waals surface area contributed by atoms with Crippen molar-refractivity contribution < 1.29 is 19.1 Å². The van der Waals surface area contributed by atoms with Crippen molar-refractivity contribution in [2.45, 2.75) is 6.92 Å². The molecule has 2 aromatic rings. The van der Waals surface area contributed by atoms with Gasteiger partial charge in [-0.15, -0.1) is 0 Å². The highest BCUT2D eigenvalue weighted by Gasteiger charge is 2.11. The van der Waals surface area contributed by atoms with Gasteiger partial charge >= 0.3 is 5.97 Å². The second-order valence-electron chi connectivity index (χ2n) is 4.32. The van der Waals surface area contributed by atoms with Gasteiger partial charge in [0.15, 0.2) is 5.78 Å². The van der Waals surface area contributed by atoms with Crippen LogP contribution in [0.15, 0.2) is 42.5 Å². The van der Waals surface area contributed by atoms with Crippen LogP contribution in [0.5, 0.6) is 11.5 Å². The lowest BCUT2D eigenvalue weighted by atomic mass is 10.1. The predicted octanol–water partition coefficient (Wildman–Crippen LogP) is 3.77. The fourth-order valence-electron chi connectivity index (χ4n) is 1.72. The van der Waals surface area contributed by atoms with Crippen molar-refractivity contribution in [3.63, 3.8) is 0 Å². The van der Waals surface area contributed by atoms with E-state index in [0.29, 0.717) is 27.6 Å². The molecular weight excluding hydrogens is 292 g/mol. The van der Waals surface area contributed by atoms with Crippen molar-refractivity contribution in [1.29, 1.82) is 0 Å². The highest BCUT2D eigenvalue weighted by Crippen LogP contribution is 2.28. The van der Waals surface area contributed by atoms with Gasteiger partial charge in [-0.25, -0.2) is 4.79 Å². The zero-order chi connectivity index (χ0) is 15.4. The fourth-order valence-corrected chi connectivity index (χ4v) is 1.97. The Hall–Kier alpha value is -2.33. The van der Waals surface area contributed by atoms with Gasteiger partial charge in [-0.3, -0.25) is 4.79 Å². The van der Waals surface area contributed by atoms with Crippen molar-refractivity contribution in [2.75, 3.05) is 7.11 Å². The summed E-state index contributed by atoms with van der Waals surface area (Å²) in [6, 6.07) is 11.0. The smallest absolute Gasteiger partial charge is 0.343 e. The van der Waals surface area contributed by atoms with E-state index >= 15 is 0 Å². The van der Waals surface area contributed by atoms with Gasteiger partial charge in [0.1, 0.15) is 11.5 Å². The maximum atomic E-state index is 12.0. The molecule has 0 aliphatic heterocycles. The number of carbonyl (C=O) groups excluding carboxylic acids is 2. The maximum absolute atomic E-state index is 12.0. The summed E-state index contributed by atoms with van der Waals surface area (Å²) in [5.41, 5.74) is 0.894. The third-order valence-electron chi connectivity index (χ3n) is 2.86. The largest absolute Gasteiger partial charge is 0.495 e. The molecule has 0 fully saturated rings. The summed E-state index contributed by atoms with van der Waals surface area (Å²) in [6.07, 6.45) is 0. The van der Waals surface area contributed by atoms with Crippen LogP contribution in [0.2, 0.25) is 5.02 Å². The van der Waals surface area contributed by atoms with Crippen LogP contribution in [0.25, 0.3) is 0 Å². The van der Waals surface area contributed by atoms with Gasteiger partial charge in [0.05, 0.1) is 17.7 Å². The summed E-state index contributed by atoms with van der Waals surface area (Å²) >= 11 is 5.96. The number of hydrogen-bond acceptors (Lipinski definition) is 4. The number of methoxy groups -OCH3 is 1. The first-order valence-electron chi connectivity index (χ1n) is 6.18. The first-order valence-corrected chi connectivity index (χ1v) is 6.56. The second-order valence-corrected chi connectivity index (χ2v) is 4.73. The minimum Gasteiger partial charge on any atom is -0.495 e. The summed E-state index contributed by atoms with van der Waals surface area (Å²) in [6.45, 7) is 1.46. The van der Waals surface area contributed by atoms with Gasteiger partial charge < -0.3 is 9.47 Å². The number of ether oxygens (including phenoxy) is 2. The Morgan fingerprint density at radius 2 is 1.62 bits per heavy atom. The molecule has 0 bridgehead atoms. The van der Waals surface area contributed by atoms with Crippen LogP contribution in [0.4, 0.5) is 0 Å². The van der Waals surface area contributed by atoms with E-state index in [-0.39, 0.29) is 5.78 Å². The third-order valence-corrected chi connectivity index (χ3v) is 3.16. The lowest BCUT2D eigenvalue weighted by Gasteiger charge is -2.07. The molecule has 4 nitrogen and oxygen atoms in total. The first kappa shape index (κ1) is 15.1. The van der Waals surface area contributed by atoms with Gasteiger partial charge in [0.25, 0.3) is 0 Å². The molecule has 108 valence electrons. The standard InChI is InChI=1S/C16H13ClO4/c1-10(18)11-3-5-12(6-4-11)16(19)21-13-7-8-15(20-2)14(17)9-13/h3-9H,1-2H3. The van der Waals surface area contributed by atoms with Crippen LogP contribution in [0.1, 0.15) is 27.6 Å². The highest BCUT2D eigenvalue weighted by molar-refractivity contribution is 6.32. The normalized spacial score (nSPS) is 10.0. The molecule has 0 radical (unpaired) electrons. The zero-order valence-electron chi connectivity index (χ0n) is 11.6. The van der Waals surface area contributed by atoms with Crippen molar-refractivity contribution >= 4 is 23.4 Å². The number of halogens is 1. The molecule has 21 heavy (non-hydrogen) atoms. The van der Waals surface area contributed by atoms with Crippen LogP contribution in [0.3, 0.4) is 0 Å². The highest BCUT2D eigenvalue weighted by atomic mass is 35.5. The molecule has 5 heteroatoms. The molecule has 0 spiro atoms. The van der Waals surface area contributed by atoms with Crippen LogP contribution in [-0.4, -0.2) is 18.9 Å². The van der Waals surface area contributed by atoms with Crippen molar-refractivity contribution in [1.82, 2.24) is 0 Å². The fraction of sp³-hybridized carbons (Fsp3) is 0.125. The Balaban J connectivity index is 2.14. The van der Waals surface area contributed by atoms with Crippen LogP contribution in [0, 0.1) is 0 Å². The van der Waals surface area contributed by atoms with E-state index in [1.807, 2.05) is 0 Å². The molecule has 0 saturated heterocycles. The number of esters is 1. The quantitative estimate of drug-likeness (QED) is 0.490. The molecule has 2 rings (SSSR count). The van der Waals surface area contributed by atoms with E-state index < -0.39 is 5.97 Å². The van der Waals surface area contributed by atoms with Gasteiger partial charge in [0, 0.05) is 11.6 Å². The molecule has 0 N–H and O–H groups in total. The van der Waals surface area contributed by atoms with Gasteiger partial charge in [0.2, 0.25) is 0 Å². The monoisotopic (exact) mass is 304 g/mol. The maximum Gasteiger partial charge on any atom is 0.343 e. The van der Waals surface area contributed by atoms with E-state index in [1.54, 1.807) is 36.4 Å². The molecule has 0 saturated carbocycles. The lowest BCUT2D eigenvalue weighted by Crippen LogP contribution is -2.08. The molecule has 0 heterocycles. The van der Waals surface area contributed by atoms with Crippen LogP contribution >= 0.6 is 11.6 Å². The Bertz CT molecular complexity index is 677. The average Bonchev–Trinajstić information content (AvgIpc) is 2.47. The van der Waals surface area contributed by atoms with E-state index in [9.17, 15) is 9.59 Å². The molecule has 0 aromatic heterocycles. The minimum absolute atomic E-state index is 0.0585. The molecule has 0 aliphatic rings. The second kappa shape index (κ2) is 6.41. The average molecular weight is 305 g/mol. The van der Waals surface area contributed by atoms with Crippen LogP contribution in [-0.2, 0) is 0 Å². The molecule has 0 atom stereocenters. The van der Waals surface area contributed by atoms with Gasteiger partial charge in [-0.2, -0.15) is 0 Å². The Labute approximate surface area is 127 Å². The van der Waals surface area contributed by atoms with Gasteiger partial charge in [-0.1, -0.05) is 23.7 Å². The minimum atomic E-state index is -0.522. The number of ketones is 1. The summed E-state index contributed by atoms with van der Waals surface area (Å²) < 4.78 is 10.2. The molecule has 0 unspecified atom stereocenters. The predicted molar refractivity (Wildman–Crippen MR) is 79.4 cm³/mol. The molecule has 2 aromatic carbocycles. The Morgan fingerprint density at radius 1 is 1.00 bits per heavy atom. The van der Waals surface area contributed by atoms with Crippen molar-refractivity contribution in [3.8, 4) is 11.5 Å². The van der Waals surface area contributed by atoms with E-state index in [4.69, 9.17) is 21.1 Å². The number of carbonyl (C=O) groups is 2. The summed E-state index contributed by atoms with van der Waals surface area (Å²) in [4.78, 5) is 23.2. The van der Waals surface area contributed by atoms with E-state index in [1.165, 1.54) is 20.1 Å². The molecule has 0 amide bonds. The van der Waals surface area contributed by atoms with Crippen molar-refractivity contribution in [2.24, 2.45) is 0 Å². The number of hydrogen-bond donors (Lipinski definition) is 0. The SMILES string of the molecule is COc1ccc(OC(=O)c2ccc(C(C)=O)cc2)cc1Cl. The topological polar surface area (TPSA) is 52.6 Å². The molecular formula is C16H13ClO4. The summed E-state index contributed by atoms with van der Waals surface area (Å²) in [7, 11) is 1.50. The number of Topliss-reactive ketones (excluding diaryl/α,β-unsaturated/α-hetero) is 1. The summed E-state index contributed by atoms with van der Waals surface area (Å²) in [5, 5.41) is 0.356. The Kier molecular flexibility index (Phi) is 4.60. The van der Waals surface area contributed by atoms with E-state index in [0.717, 1.165) is 0 Å². The van der Waals surface area contributed by atoms with Crippen LogP contribution < -0.4 is 9.47 Å². The van der Waals surface area contributed by atoms with Crippen molar-refractivity contribution in [3.05, 3.63) is 58.6 Å².